The van der Waals surface area contributed by atoms with Gasteiger partial charge in [0.05, 0.1) is 0 Å². The minimum Gasteiger partial charge on any atom is -0.348 e. The molecule has 2 amide bonds. The number of hydrogen-bond donors (Lipinski definition) is 1. The molecule has 1 aliphatic heterocycles. The lowest BCUT2D eigenvalue weighted by Crippen LogP contribution is -2.54. The Morgan fingerprint density at radius 2 is 1.68 bits per heavy atom. The van der Waals surface area contributed by atoms with Crippen molar-refractivity contribution < 1.29 is 9.59 Å². The SMILES string of the molecule is CCn1ccc2cc(NC(=O)C(=O)N3CCN(C4Cc5ccccc5C4)CC3)ccc21. The van der Waals surface area contributed by atoms with Crippen LogP contribution < -0.4 is 5.32 Å². The molecule has 1 aromatic heterocycles. The number of fused-ring (bicyclic) bond motifs is 2. The normalized spacial score (nSPS) is 17.1. The van der Waals surface area contributed by atoms with Crippen LogP contribution in [-0.2, 0) is 29.0 Å². The lowest BCUT2D eigenvalue weighted by Gasteiger charge is -2.37. The predicted octanol–water partition coefficient (Wildman–Crippen LogP) is 2.91. The van der Waals surface area contributed by atoms with Crippen LogP contribution in [0.15, 0.2) is 54.7 Å². The van der Waals surface area contributed by atoms with E-state index >= 15 is 0 Å². The number of anilines is 1. The monoisotopic (exact) mass is 416 g/mol. The second-order valence-electron chi connectivity index (χ2n) is 8.49. The highest BCUT2D eigenvalue weighted by Crippen LogP contribution is 2.26. The lowest BCUT2D eigenvalue weighted by molar-refractivity contribution is -0.144. The van der Waals surface area contributed by atoms with Crippen LogP contribution in [-0.4, -0.2) is 58.4 Å². The van der Waals surface area contributed by atoms with Crippen molar-refractivity contribution in [2.75, 3.05) is 31.5 Å². The number of amides is 2. The number of nitrogens with zero attached hydrogens (tertiary/aromatic N) is 3. The van der Waals surface area contributed by atoms with Gasteiger partial charge in [-0.3, -0.25) is 14.5 Å². The van der Waals surface area contributed by atoms with E-state index in [0.29, 0.717) is 24.8 Å². The molecule has 31 heavy (non-hydrogen) atoms. The summed E-state index contributed by atoms with van der Waals surface area (Å²) < 4.78 is 2.15. The van der Waals surface area contributed by atoms with Crippen molar-refractivity contribution in [2.24, 2.45) is 0 Å². The van der Waals surface area contributed by atoms with Gasteiger partial charge in [-0.25, -0.2) is 0 Å². The van der Waals surface area contributed by atoms with Crippen molar-refractivity contribution in [3.8, 4) is 0 Å². The van der Waals surface area contributed by atoms with Crippen molar-refractivity contribution in [3.05, 3.63) is 65.9 Å². The number of aromatic nitrogens is 1. The Balaban J connectivity index is 1.16. The van der Waals surface area contributed by atoms with Crippen LogP contribution in [0.3, 0.4) is 0 Å². The Labute approximate surface area is 182 Å². The van der Waals surface area contributed by atoms with E-state index in [2.05, 4.69) is 46.0 Å². The molecule has 0 atom stereocenters. The molecule has 2 aliphatic rings. The molecule has 0 spiro atoms. The molecule has 0 unspecified atom stereocenters. The molecule has 6 nitrogen and oxygen atoms in total. The maximum absolute atomic E-state index is 12.7. The van der Waals surface area contributed by atoms with Gasteiger partial charge < -0.3 is 14.8 Å². The summed E-state index contributed by atoms with van der Waals surface area (Å²) in [6.07, 6.45) is 4.18. The van der Waals surface area contributed by atoms with Crippen LogP contribution in [0.4, 0.5) is 5.69 Å². The molecule has 2 aromatic carbocycles. The molecule has 160 valence electrons. The van der Waals surface area contributed by atoms with E-state index in [1.54, 1.807) is 4.90 Å². The van der Waals surface area contributed by atoms with Gasteiger partial charge in [-0.2, -0.15) is 0 Å². The van der Waals surface area contributed by atoms with Crippen LogP contribution in [0.2, 0.25) is 0 Å². The maximum Gasteiger partial charge on any atom is 0.313 e. The number of aryl methyl sites for hydroxylation is 1. The summed E-state index contributed by atoms with van der Waals surface area (Å²) in [6.45, 7) is 5.81. The Hall–Kier alpha value is -3.12. The average Bonchev–Trinajstić information content (AvgIpc) is 3.42. The summed E-state index contributed by atoms with van der Waals surface area (Å²) in [6, 6.07) is 16.9. The highest BCUT2D eigenvalue weighted by Gasteiger charge is 2.31. The fraction of sp³-hybridized carbons (Fsp3) is 0.360. The highest BCUT2D eigenvalue weighted by molar-refractivity contribution is 6.39. The van der Waals surface area contributed by atoms with Crippen LogP contribution in [0, 0.1) is 0 Å². The topological polar surface area (TPSA) is 57.6 Å². The summed E-state index contributed by atoms with van der Waals surface area (Å²) in [5.41, 5.74) is 4.66. The molecule has 0 bridgehead atoms. The number of carbonyl (C=O) groups is 2. The number of benzene rings is 2. The van der Waals surface area contributed by atoms with Crippen LogP contribution >= 0.6 is 0 Å². The highest BCUT2D eigenvalue weighted by atomic mass is 16.2. The fourth-order valence-corrected chi connectivity index (χ4v) is 4.97. The van der Waals surface area contributed by atoms with Crippen molar-refractivity contribution in [1.82, 2.24) is 14.4 Å². The van der Waals surface area contributed by atoms with Gasteiger partial charge in [-0.1, -0.05) is 24.3 Å². The maximum atomic E-state index is 12.7. The average molecular weight is 417 g/mol. The minimum absolute atomic E-state index is 0.444. The largest absolute Gasteiger partial charge is 0.348 e. The number of rotatable bonds is 3. The van der Waals surface area contributed by atoms with Crippen molar-refractivity contribution in [1.29, 1.82) is 0 Å². The van der Waals surface area contributed by atoms with E-state index in [1.807, 2.05) is 30.5 Å². The zero-order chi connectivity index (χ0) is 21.4. The lowest BCUT2D eigenvalue weighted by atomic mass is 10.1. The summed E-state index contributed by atoms with van der Waals surface area (Å²) in [5.74, 6) is -1.00. The van der Waals surface area contributed by atoms with Crippen LogP contribution in [0.1, 0.15) is 18.1 Å². The van der Waals surface area contributed by atoms with Gasteiger partial charge >= 0.3 is 11.8 Å². The van der Waals surface area contributed by atoms with E-state index in [4.69, 9.17) is 0 Å². The summed E-state index contributed by atoms with van der Waals surface area (Å²) >= 11 is 0. The van der Waals surface area contributed by atoms with Gasteiger partial charge in [0, 0.05) is 61.6 Å². The molecule has 0 radical (unpaired) electrons. The molecular formula is C25H28N4O2. The standard InChI is InChI=1S/C25H28N4O2/c1-2-27-10-9-20-15-21(7-8-23(20)27)26-24(30)25(31)29-13-11-28(12-14-29)22-16-18-5-3-4-6-19(18)17-22/h3-10,15,22H,2,11-14,16-17H2,1H3,(H,26,30). The van der Waals surface area contributed by atoms with E-state index in [0.717, 1.165) is 43.4 Å². The molecule has 1 aliphatic carbocycles. The van der Waals surface area contributed by atoms with Gasteiger partial charge in [0.1, 0.15) is 0 Å². The molecule has 2 heterocycles. The van der Waals surface area contributed by atoms with Gasteiger partial charge in [-0.15, -0.1) is 0 Å². The number of carbonyl (C=O) groups excluding carboxylic acids is 2. The van der Waals surface area contributed by atoms with Crippen molar-refractivity contribution in [2.45, 2.75) is 32.4 Å². The third-order valence-electron chi connectivity index (χ3n) is 6.71. The van der Waals surface area contributed by atoms with Crippen LogP contribution in [0.25, 0.3) is 10.9 Å². The second kappa shape index (κ2) is 8.19. The van der Waals surface area contributed by atoms with Gasteiger partial charge in [0.25, 0.3) is 0 Å². The molecule has 3 aromatic rings. The molecule has 5 rings (SSSR count). The molecule has 1 saturated heterocycles. The Bertz CT molecular complexity index is 1100. The van der Waals surface area contributed by atoms with Gasteiger partial charge in [0.15, 0.2) is 0 Å². The minimum atomic E-state index is -0.559. The third kappa shape index (κ3) is 3.83. The zero-order valence-electron chi connectivity index (χ0n) is 17.9. The first-order chi connectivity index (χ1) is 15.1. The summed E-state index contributed by atoms with van der Waals surface area (Å²) in [5, 5.41) is 3.84. The first kappa shape index (κ1) is 19.8. The Kier molecular flexibility index (Phi) is 5.24. The smallest absolute Gasteiger partial charge is 0.313 e. The van der Waals surface area contributed by atoms with Crippen molar-refractivity contribution in [3.63, 3.8) is 0 Å². The van der Waals surface area contributed by atoms with E-state index < -0.39 is 11.8 Å². The van der Waals surface area contributed by atoms with E-state index in [1.165, 1.54) is 11.1 Å². The Morgan fingerprint density at radius 3 is 2.35 bits per heavy atom. The third-order valence-corrected chi connectivity index (χ3v) is 6.71. The summed E-state index contributed by atoms with van der Waals surface area (Å²) in [7, 11) is 0. The molecule has 1 fully saturated rings. The van der Waals surface area contributed by atoms with E-state index in [9.17, 15) is 9.59 Å². The van der Waals surface area contributed by atoms with Gasteiger partial charge in [0.2, 0.25) is 0 Å². The molecule has 0 saturated carbocycles. The molecular weight excluding hydrogens is 388 g/mol. The molecule has 6 heteroatoms. The number of hydrogen-bond acceptors (Lipinski definition) is 3. The van der Waals surface area contributed by atoms with Crippen LogP contribution in [0.5, 0.6) is 0 Å². The quantitative estimate of drug-likeness (QED) is 0.668. The number of nitrogens with one attached hydrogen (secondary N) is 1. The second-order valence-corrected chi connectivity index (χ2v) is 8.49. The fourth-order valence-electron chi connectivity index (χ4n) is 4.97. The Morgan fingerprint density at radius 1 is 0.968 bits per heavy atom. The van der Waals surface area contributed by atoms with E-state index in [-0.39, 0.29) is 0 Å². The predicted molar refractivity (Wildman–Crippen MR) is 122 cm³/mol. The first-order valence-electron chi connectivity index (χ1n) is 11.1. The van der Waals surface area contributed by atoms with Gasteiger partial charge in [-0.05, 0) is 55.2 Å². The number of piperazine rings is 1. The summed E-state index contributed by atoms with van der Waals surface area (Å²) in [4.78, 5) is 29.4. The first-order valence-corrected chi connectivity index (χ1v) is 11.1. The zero-order valence-corrected chi connectivity index (χ0v) is 17.9. The van der Waals surface area contributed by atoms with Crippen molar-refractivity contribution >= 4 is 28.4 Å². The molecule has 1 N–H and O–H groups in total.